The minimum absolute atomic E-state index is 0.140. The van der Waals surface area contributed by atoms with Gasteiger partial charge in [0, 0.05) is 16.6 Å². The molecule has 0 aliphatic heterocycles. The van der Waals surface area contributed by atoms with Crippen LogP contribution in [0.5, 0.6) is 0 Å². The van der Waals surface area contributed by atoms with E-state index in [4.69, 9.17) is 0 Å². The zero-order valence-electron chi connectivity index (χ0n) is 18.7. The van der Waals surface area contributed by atoms with Gasteiger partial charge in [0.05, 0.1) is 17.4 Å². The Bertz CT molecular complexity index is 1470. The number of amides is 1. The maximum absolute atomic E-state index is 12.9. The molecule has 0 saturated heterocycles. The van der Waals surface area contributed by atoms with Crippen molar-refractivity contribution in [1.82, 2.24) is 9.78 Å². The van der Waals surface area contributed by atoms with Crippen molar-refractivity contribution in [2.75, 3.05) is 5.32 Å². The maximum Gasteiger partial charge on any atom is 0.255 e. The van der Waals surface area contributed by atoms with Gasteiger partial charge in [-0.3, -0.25) is 4.79 Å². The van der Waals surface area contributed by atoms with Crippen molar-refractivity contribution in [2.45, 2.75) is 20.3 Å². The molecule has 0 atom stereocenters. The number of aromatic nitrogens is 2. The van der Waals surface area contributed by atoms with E-state index in [0.717, 1.165) is 34.3 Å². The van der Waals surface area contributed by atoms with E-state index in [1.165, 1.54) is 16.7 Å². The molecule has 4 aromatic carbocycles. The average molecular weight is 432 g/mol. The Balaban J connectivity index is 1.45. The standard InChI is InChI=1S/C29H25N3O/c1-20-7-3-9-22(15-20)17-23-10-6-14-28-27(23)19-30-32(28)26-13-5-11-24(18-26)29(33)31-25-12-4-8-21(2)16-25/h3-16,18-19H,17H2,1-2H3,(H,31,33). The van der Waals surface area contributed by atoms with Gasteiger partial charge in [0.2, 0.25) is 0 Å². The molecule has 4 nitrogen and oxygen atoms in total. The molecule has 5 aromatic rings. The minimum atomic E-state index is -0.140. The molecule has 1 N–H and O–H groups in total. The molecule has 162 valence electrons. The first kappa shape index (κ1) is 20.7. The number of benzene rings is 4. The van der Waals surface area contributed by atoms with Crippen LogP contribution in [0.25, 0.3) is 16.6 Å². The number of hydrogen-bond acceptors (Lipinski definition) is 2. The average Bonchev–Trinajstić information content (AvgIpc) is 3.25. The Morgan fingerprint density at radius 3 is 2.42 bits per heavy atom. The number of nitrogens with zero attached hydrogens (tertiary/aromatic N) is 2. The molecule has 0 aliphatic rings. The summed E-state index contributed by atoms with van der Waals surface area (Å²) < 4.78 is 1.90. The summed E-state index contributed by atoms with van der Waals surface area (Å²) in [7, 11) is 0. The second kappa shape index (κ2) is 8.75. The molecule has 0 unspecified atom stereocenters. The number of fused-ring (bicyclic) bond motifs is 1. The van der Waals surface area contributed by atoms with E-state index in [1.807, 2.05) is 66.3 Å². The number of hydrogen-bond donors (Lipinski definition) is 1. The summed E-state index contributed by atoms with van der Waals surface area (Å²) in [6.45, 7) is 4.12. The highest BCUT2D eigenvalue weighted by atomic mass is 16.1. The largest absolute Gasteiger partial charge is 0.322 e. The third-order valence-electron chi connectivity index (χ3n) is 5.81. The van der Waals surface area contributed by atoms with Crippen molar-refractivity contribution >= 4 is 22.5 Å². The molecule has 33 heavy (non-hydrogen) atoms. The molecule has 4 heteroatoms. The monoisotopic (exact) mass is 431 g/mol. The highest BCUT2D eigenvalue weighted by molar-refractivity contribution is 6.04. The van der Waals surface area contributed by atoms with Crippen molar-refractivity contribution < 1.29 is 4.79 Å². The third-order valence-corrected chi connectivity index (χ3v) is 5.81. The quantitative estimate of drug-likeness (QED) is 0.346. The molecule has 5 rings (SSSR count). The van der Waals surface area contributed by atoms with Gasteiger partial charge in [-0.15, -0.1) is 0 Å². The first-order chi connectivity index (χ1) is 16.1. The molecule has 1 heterocycles. The summed E-state index contributed by atoms with van der Waals surface area (Å²) in [5.74, 6) is -0.140. The van der Waals surface area contributed by atoms with Crippen LogP contribution < -0.4 is 5.32 Å². The summed E-state index contributed by atoms with van der Waals surface area (Å²) >= 11 is 0. The Kier molecular flexibility index (Phi) is 5.49. The lowest BCUT2D eigenvalue weighted by atomic mass is 10.0. The van der Waals surface area contributed by atoms with Crippen LogP contribution in [0.4, 0.5) is 5.69 Å². The lowest BCUT2D eigenvalue weighted by molar-refractivity contribution is 0.102. The Morgan fingerprint density at radius 2 is 1.61 bits per heavy atom. The minimum Gasteiger partial charge on any atom is -0.322 e. The van der Waals surface area contributed by atoms with Crippen molar-refractivity contribution in [2.24, 2.45) is 0 Å². The molecular weight excluding hydrogens is 406 g/mol. The first-order valence-electron chi connectivity index (χ1n) is 11.1. The van der Waals surface area contributed by atoms with Gasteiger partial charge in [0.15, 0.2) is 0 Å². The van der Waals surface area contributed by atoms with Crippen molar-refractivity contribution in [3.8, 4) is 5.69 Å². The van der Waals surface area contributed by atoms with E-state index < -0.39 is 0 Å². The van der Waals surface area contributed by atoms with Crippen LogP contribution in [0, 0.1) is 13.8 Å². The van der Waals surface area contributed by atoms with Crippen LogP contribution in [-0.2, 0) is 6.42 Å². The van der Waals surface area contributed by atoms with E-state index in [2.05, 4.69) is 59.8 Å². The molecule has 0 saturated carbocycles. The van der Waals surface area contributed by atoms with E-state index in [9.17, 15) is 4.79 Å². The van der Waals surface area contributed by atoms with Crippen molar-refractivity contribution in [3.05, 3.63) is 125 Å². The van der Waals surface area contributed by atoms with Gasteiger partial charge in [-0.05, 0) is 73.4 Å². The maximum atomic E-state index is 12.9. The molecule has 0 aliphatic carbocycles. The second-order valence-electron chi connectivity index (χ2n) is 8.45. The van der Waals surface area contributed by atoms with Crippen LogP contribution in [0.2, 0.25) is 0 Å². The molecular formula is C29H25N3O. The summed E-state index contributed by atoms with van der Waals surface area (Å²) in [6.07, 6.45) is 2.77. The highest BCUT2D eigenvalue weighted by Gasteiger charge is 2.12. The van der Waals surface area contributed by atoms with Crippen molar-refractivity contribution in [3.63, 3.8) is 0 Å². The van der Waals surface area contributed by atoms with Gasteiger partial charge in [-0.25, -0.2) is 4.68 Å². The molecule has 0 fully saturated rings. The zero-order chi connectivity index (χ0) is 22.8. The lowest BCUT2D eigenvalue weighted by Crippen LogP contribution is -2.12. The van der Waals surface area contributed by atoms with Crippen LogP contribution in [0.3, 0.4) is 0 Å². The molecule has 1 amide bonds. The zero-order valence-corrected chi connectivity index (χ0v) is 18.7. The SMILES string of the molecule is Cc1cccc(Cc2cccc3c2cnn3-c2cccc(C(=O)Nc3cccc(C)c3)c2)c1. The Hall–Kier alpha value is -4.18. The summed E-state index contributed by atoms with van der Waals surface area (Å²) in [6, 6.07) is 30.3. The Morgan fingerprint density at radius 1 is 0.848 bits per heavy atom. The highest BCUT2D eigenvalue weighted by Crippen LogP contribution is 2.25. The van der Waals surface area contributed by atoms with E-state index >= 15 is 0 Å². The number of anilines is 1. The number of aryl methyl sites for hydroxylation is 2. The van der Waals surface area contributed by atoms with E-state index in [-0.39, 0.29) is 5.91 Å². The first-order valence-corrected chi connectivity index (χ1v) is 11.1. The summed E-state index contributed by atoms with van der Waals surface area (Å²) in [5.41, 5.74) is 8.14. The fourth-order valence-electron chi connectivity index (χ4n) is 4.22. The van der Waals surface area contributed by atoms with Gasteiger partial charge < -0.3 is 5.32 Å². The predicted molar refractivity (Wildman–Crippen MR) is 134 cm³/mol. The smallest absolute Gasteiger partial charge is 0.255 e. The third kappa shape index (κ3) is 4.41. The number of rotatable bonds is 5. The predicted octanol–water partition coefficient (Wildman–Crippen LogP) is 6.49. The molecule has 0 bridgehead atoms. The fourth-order valence-corrected chi connectivity index (χ4v) is 4.22. The number of carbonyl (C=O) groups excluding carboxylic acids is 1. The van der Waals surface area contributed by atoms with E-state index in [1.54, 1.807) is 0 Å². The molecule has 1 aromatic heterocycles. The number of carbonyl (C=O) groups is 1. The van der Waals surface area contributed by atoms with Gasteiger partial charge in [0.25, 0.3) is 5.91 Å². The molecule has 0 radical (unpaired) electrons. The number of nitrogens with one attached hydrogen (secondary N) is 1. The normalized spacial score (nSPS) is 11.0. The van der Waals surface area contributed by atoms with Gasteiger partial charge in [0.1, 0.15) is 0 Å². The molecule has 0 spiro atoms. The van der Waals surface area contributed by atoms with Crippen molar-refractivity contribution in [1.29, 1.82) is 0 Å². The second-order valence-corrected chi connectivity index (χ2v) is 8.45. The van der Waals surface area contributed by atoms with Gasteiger partial charge >= 0.3 is 0 Å². The summed E-state index contributed by atoms with van der Waals surface area (Å²) in [5, 5.41) is 8.77. The van der Waals surface area contributed by atoms with Crippen LogP contribution in [-0.4, -0.2) is 15.7 Å². The topological polar surface area (TPSA) is 46.9 Å². The van der Waals surface area contributed by atoms with Gasteiger partial charge in [-0.2, -0.15) is 5.10 Å². The van der Waals surface area contributed by atoms with Gasteiger partial charge in [-0.1, -0.05) is 60.2 Å². The Labute approximate surface area is 193 Å². The van der Waals surface area contributed by atoms with Crippen LogP contribution in [0.15, 0.2) is 97.2 Å². The van der Waals surface area contributed by atoms with E-state index in [0.29, 0.717) is 5.56 Å². The lowest BCUT2D eigenvalue weighted by Gasteiger charge is -2.09. The van der Waals surface area contributed by atoms with Crippen LogP contribution >= 0.6 is 0 Å². The van der Waals surface area contributed by atoms with Crippen LogP contribution in [0.1, 0.15) is 32.6 Å². The fraction of sp³-hybridized carbons (Fsp3) is 0.103. The summed E-state index contributed by atoms with van der Waals surface area (Å²) in [4.78, 5) is 12.9.